The Bertz CT molecular complexity index is 1230. The van der Waals surface area contributed by atoms with Crippen molar-refractivity contribution in [3.05, 3.63) is 64.0 Å². The number of fused-ring (bicyclic) bond motifs is 4. The number of para-hydroxylation sites is 1. The van der Waals surface area contributed by atoms with E-state index >= 15 is 0 Å². The molecule has 11 heteroatoms. The SMILES string of the molecule is CN1C(=O)N(C)C(=O)C2(Cc3cc([N+](=O)[O-])ccc3N3CCN(c4ccccc4F)C[C@H]32)C1=O. The summed E-state index contributed by atoms with van der Waals surface area (Å²) in [6.07, 6.45) is -0.101. The second-order valence-electron chi connectivity index (χ2n) is 8.84. The molecular formula is C23H22FN5O5. The van der Waals surface area contributed by atoms with E-state index in [-0.39, 0.29) is 18.7 Å². The molecule has 0 radical (unpaired) electrons. The van der Waals surface area contributed by atoms with E-state index in [4.69, 9.17) is 0 Å². The molecule has 2 fully saturated rings. The van der Waals surface area contributed by atoms with Crippen LogP contribution in [0.3, 0.4) is 0 Å². The Morgan fingerprint density at radius 2 is 1.68 bits per heavy atom. The number of anilines is 2. The van der Waals surface area contributed by atoms with Crippen molar-refractivity contribution in [3.8, 4) is 0 Å². The van der Waals surface area contributed by atoms with Gasteiger partial charge < -0.3 is 9.80 Å². The monoisotopic (exact) mass is 467 g/mol. The third-order valence-corrected chi connectivity index (χ3v) is 7.14. The van der Waals surface area contributed by atoms with Crippen molar-refractivity contribution in [3.63, 3.8) is 0 Å². The van der Waals surface area contributed by atoms with Crippen LogP contribution in [0.4, 0.5) is 26.2 Å². The predicted molar refractivity (Wildman–Crippen MR) is 120 cm³/mol. The summed E-state index contributed by atoms with van der Waals surface area (Å²) < 4.78 is 14.6. The van der Waals surface area contributed by atoms with E-state index in [2.05, 4.69) is 0 Å². The number of hydrogen-bond donors (Lipinski definition) is 0. The molecule has 1 atom stereocenters. The van der Waals surface area contributed by atoms with E-state index in [1.807, 2.05) is 4.90 Å². The average Bonchev–Trinajstić information content (AvgIpc) is 2.84. The van der Waals surface area contributed by atoms with Gasteiger partial charge in [-0.05, 0) is 23.8 Å². The Hall–Kier alpha value is -4.02. The Morgan fingerprint density at radius 1 is 1.00 bits per heavy atom. The summed E-state index contributed by atoms with van der Waals surface area (Å²) in [6.45, 7) is 0.926. The van der Waals surface area contributed by atoms with Crippen molar-refractivity contribution in [2.24, 2.45) is 5.41 Å². The number of nitro groups is 1. The van der Waals surface area contributed by atoms with Gasteiger partial charge in [-0.15, -0.1) is 0 Å². The molecule has 2 saturated heterocycles. The molecule has 3 aliphatic heterocycles. The van der Waals surface area contributed by atoms with Crippen LogP contribution in [0.5, 0.6) is 0 Å². The smallest absolute Gasteiger partial charge is 0.332 e. The summed E-state index contributed by atoms with van der Waals surface area (Å²) in [5.74, 6) is -1.74. The minimum Gasteiger partial charge on any atom is -0.365 e. The molecule has 10 nitrogen and oxygen atoms in total. The van der Waals surface area contributed by atoms with Gasteiger partial charge >= 0.3 is 6.03 Å². The first kappa shape index (κ1) is 21.8. The predicted octanol–water partition coefficient (Wildman–Crippen LogP) is 2.02. The molecule has 2 aromatic rings. The van der Waals surface area contributed by atoms with E-state index in [9.17, 15) is 28.9 Å². The fourth-order valence-corrected chi connectivity index (χ4v) is 5.47. The number of imide groups is 2. The fourth-order valence-electron chi connectivity index (χ4n) is 5.47. The molecule has 176 valence electrons. The molecular weight excluding hydrogens is 445 g/mol. The largest absolute Gasteiger partial charge is 0.365 e. The minimum absolute atomic E-state index is 0.101. The van der Waals surface area contributed by atoms with E-state index in [1.54, 1.807) is 29.2 Å². The second-order valence-corrected chi connectivity index (χ2v) is 8.84. The normalized spacial score (nSPS) is 21.6. The standard InChI is InChI=1S/C23H22FN5O5/c1-25-20(30)23(21(31)26(2)22(25)32)12-14-11-15(29(33)34)7-8-17(14)28-10-9-27(13-19(23)28)18-6-4-3-5-16(18)24/h3-8,11,19H,9-10,12-13H2,1-2H3/t19-/m0/s1. The molecule has 0 aromatic heterocycles. The molecule has 1 spiro atoms. The lowest BCUT2D eigenvalue weighted by molar-refractivity contribution is -0.384. The quantitative estimate of drug-likeness (QED) is 0.378. The number of barbiturate groups is 1. The van der Waals surface area contributed by atoms with E-state index < -0.39 is 40.0 Å². The van der Waals surface area contributed by atoms with Crippen LogP contribution >= 0.6 is 0 Å². The van der Waals surface area contributed by atoms with Crippen molar-refractivity contribution in [2.75, 3.05) is 43.5 Å². The summed E-state index contributed by atoms with van der Waals surface area (Å²) in [5.41, 5.74) is -0.296. The zero-order chi connectivity index (χ0) is 24.4. The van der Waals surface area contributed by atoms with E-state index in [1.165, 1.54) is 32.3 Å². The van der Waals surface area contributed by atoms with Crippen LogP contribution in [0.25, 0.3) is 0 Å². The summed E-state index contributed by atoms with van der Waals surface area (Å²) in [7, 11) is 2.64. The van der Waals surface area contributed by atoms with Gasteiger partial charge in [0.25, 0.3) is 5.69 Å². The lowest BCUT2D eigenvalue weighted by Gasteiger charge is -2.56. The van der Waals surface area contributed by atoms with Crippen molar-refractivity contribution < 1.29 is 23.7 Å². The van der Waals surface area contributed by atoms with Crippen LogP contribution in [-0.4, -0.2) is 72.3 Å². The number of halogens is 1. The summed E-state index contributed by atoms with van der Waals surface area (Å²) >= 11 is 0. The molecule has 34 heavy (non-hydrogen) atoms. The first-order chi connectivity index (χ1) is 16.2. The van der Waals surface area contributed by atoms with Gasteiger partial charge in [-0.2, -0.15) is 0 Å². The number of rotatable bonds is 2. The average molecular weight is 467 g/mol. The van der Waals surface area contributed by atoms with Gasteiger partial charge in [-0.25, -0.2) is 9.18 Å². The highest BCUT2D eigenvalue weighted by Gasteiger charge is 2.64. The van der Waals surface area contributed by atoms with Crippen LogP contribution in [-0.2, 0) is 16.0 Å². The molecule has 4 amide bonds. The number of carbonyl (C=O) groups is 3. The Morgan fingerprint density at radius 3 is 2.32 bits per heavy atom. The third-order valence-electron chi connectivity index (χ3n) is 7.14. The van der Waals surface area contributed by atoms with Gasteiger partial charge in [0, 0.05) is 58.0 Å². The van der Waals surface area contributed by atoms with Crippen LogP contribution < -0.4 is 9.80 Å². The van der Waals surface area contributed by atoms with Crippen LogP contribution in [0.2, 0.25) is 0 Å². The Kier molecular flexibility index (Phi) is 4.81. The highest BCUT2D eigenvalue weighted by molar-refractivity contribution is 6.20. The van der Waals surface area contributed by atoms with Gasteiger partial charge in [-0.3, -0.25) is 29.5 Å². The van der Waals surface area contributed by atoms with E-state index in [0.29, 0.717) is 30.0 Å². The topological polar surface area (TPSA) is 107 Å². The maximum atomic E-state index is 14.6. The summed E-state index contributed by atoms with van der Waals surface area (Å²) in [4.78, 5) is 56.2. The van der Waals surface area contributed by atoms with Gasteiger partial charge in [0.2, 0.25) is 11.8 Å². The molecule has 0 aliphatic carbocycles. The third kappa shape index (κ3) is 2.89. The summed E-state index contributed by atoms with van der Waals surface area (Å²) in [5, 5.41) is 11.4. The Labute approximate surface area is 194 Å². The van der Waals surface area contributed by atoms with Gasteiger partial charge in [0.1, 0.15) is 5.82 Å². The van der Waals surface area contributed by atoms with Crippen LogP contribution in [0.1, 0.15) is 5.56 Å². The molecule has 3 aliphatic rings. The molecule has 3 heterocycles. The van der Waals surface area contributed by atoms with E-state index in [0.717, 1.165) is 9.80 Å². The maximum absolute atomic E-state index is 14.6. The molecule has 2 aromatic carbocycles. The van der Waals surface area contributed by atoms with Crippen LogP contribution in [0, 0.1) is 21.3 Å². The van der Waals surface area contributed by atoms with Crippen molar-refractivity contribution >= 4 is 34.9 Å². The highest BCUT2D eigenvalue weighted by Crippen LogP contribution is 2.48. The zero-order valence-corrected chi connectivity index (χ0v) is 18.6. The van der Waals surface area contributed by atoms with Gasteiger partial charge in [0.15, 0.2) is 5.41 Å². The van der Waals surface area contributed by atoms with Gasteiger partial charge in [0.05, 0.1) is 16.7 Å². The number of hydrogen-bond acceptors (Lipinski definition) is 7. The number of amides is 4. The highest BCUT2D eigenvalue weighted by atomic mass is 19.1. The maximum Gasteiger partial charge on any atom is 0.332 e. The fraction of sp³-hybridized carbons (Fsp3) is 0.348. The van der Waals surface area contributed by atoms with Gasteiger partial charge in [-0.1, -0.05) is 12.1 Å². The first-order valence-electron chi connectivity index (χ1n) is 10.8. The van der Waals surface area contributed by atoms with Crippen LogP contribution in [0.15, 0.2) is 42.5 Å². The molecule has 0 N–H and O–H groups in total. The lowest BCUT2D eigenvalue weighted by Crippen LogP contribution is -2.74. The minimum atomic E-state index is -1.69. The number of non-ortho nitro benzene ring substituents is 1. The zero-order valence-electron chi connectivity index (χ0n) is 18.6. The van der Waals surface area contributed by atoms with Crippen molar-refractivity contribution in [2.45, 2.75) is 12.5 Å². The lowest BCUT2D eigenvalue weighted by atomic mass is 9.67. The van der Waals surface area contributed by atoms with Crippen molar-refractivity contribution in [1.82, 2.24) is 9.80 Å². The number of piperazine rings is 1. The molecule has 0 bridgehead atoms. The number of benzene rings is 2. The molecule has 0 saturated carbocycles. The number of carbonyl (C=O) groups excluding carboxylic acids is 3. The first-order valence-corrected chi connectivity index (χ1v) is 10.8. The summed E-state index contributed by atoms with van der Waals surface area (Å²) in [6, 6.07) is 9.25. The number of urea groups is 1. The molecule has 0 unspecified atom stereocenters. The number of nitro benzene ring substituents is 1. The number of nitrogens with zero attached hydrogens (tertiary/aromatic N) is 5. The second kappa shape index (κ2) is 7.51. The van der Waals surface area contributed by atoms with Crippen molar-refractivity contribution in [1.29, 1.82) is 0 Å². The molecule has 5 rings (SSSR count). The Balaban J connectivity index is 1.67.